The zero-order valence-electron chi connectivity index (χ0n) is 14.8. The van der Waals surface area contributed by atoms with Gasteiger partial charge in [0.15, 0.2) is 0 Å². The van der Waals surface area contributed by atoms with E-state index in [1.807, 2.05) is 31.2 Å². The van der Waals surface area contributed by atoms with E-state index >= 15 is 0 Å². The number of amides is 1. The zero-order chi connectivity index (χ0) is 17.5. The van der Waals surface area contributed by atoms with Crippen LogP contribution in [0.3, 0.4) is 0 Å². The second-order valence-corrected chi connectivity index (χ2v) is 7.11. The van der Waals surface area contributed by atoms with Gasteiger partial charge in [-0.1, -0.05) is 35.4 Å². The second kappa shape index (κ2) is 9.05. The molecule has 3 nitrogen and oxygen atoms in total. The summed E-state index contributed by atoms with van der Waals surface area (Å²) in [7, 11) is 0. The quantitative estimate of drug-likeness (QED) is 0.640. The first-order valence-corrected chi connectivity index (χ1v) is 8.92. The maximum Gasteiger partial charge on any atom is 0.244 e. The van der Waals surface area contributed by atoms with Crippen LogP contribution in [0.2, 0.25) is 5.02 Å². The molecule has 2 rings (SSSR count). The number of allylic oxidation sites excluding steroid dienone is 1. The van der Waals surface area contributed by atoms with Gasteiger partial charge in [0.1, 0.15) is 0 Å². The summed E-state index contributed by atoms with van der Waals surface area (Å²) in [5, 5.41) is 3.82. The summed E-state index contributed by atoms with van der Waals surface area (Å²) in [6, 6.07) is 6.07. The van der Waals surface area contributed by atoms with Crippen molar-refractivity contribution in [3.05, 3.63) is 52.1 Å². The fourth-order valence-electron chi connectivity index (χ4n) is 2.71. The van der Waals surface area contributed by atoms with Crippen LogP contribution >= 0.6 is 11.6 Å². The van der Waals surface area contributed by atoms with Crippen LogP contribution in [0.4, 0.5) is 0 Å². The third-order valence-electron chi connectivity index (χ3n) is 4.31. The minimum absolute atomic E-state index is 0.0329. The van der Waals surface area contributed by atoms with Crippen LogP contribution < -0.4 is 5.32 Å². The van der Waals surface area contributed by atoms with Crippen LogP contribution in [0.5, 0.6) is 0 Å². The van der Waals surface area contributed by atoms with Crippen LogP contribution in [-0.2, 0) is 4.79 Å². The van der Waals surface area contributed by atoms with Crippen LogP contribution in [0.25, 0.3) is 6.08 Å². The molecule has 1 heterocycles. The van der Waals surface area contributed by atoms with Crippen molar-refractivity contribution in [2.75, 3.05) is 19.6 Å². The number of likely N-dealkylation sites (tertiary alicyclic amines) is 1. The third-order valence-corrected chi connectivity index (χ3v) is 4.72. The van der Waals surface area contributed by atoms with Crippen molar-refractivity contribution in [3.8, 4) is 0 Å². The number of nitrogens with one attached hydrogen (secondary N) is 1. The number of piperidine rings is 1. The lowest BCUT2D eigenvalue weighted by atomic mass is 10.0. The smallest absolute Gasteiger partial charge is 0.244 e. The van der Waals surface area contributed by atoms with E-state index in [0.717, 1.165) is 48.6 Å². The standard InChI is InChI=1S/C20H27ClN2O/c1-15(2)8-11-23-12-9-18(10-13-23)22-20(24)7-6-17-5-4-16(3)19(21)14-17/h4-8,14,18H,9-13H2,1-3H3,(H,22,24)/b7-6+. The number of rotatable bonds is 5. The molecule has 1 fully saturated rings. The Morgan fingerprint density at radius 2 is 2.04 bits per heavy atom. The van der Waals surface area contributed by atoms with Crippen molar-refractivity contribution >= 4 is 23.6 Å². The Hall–Kier alpha value is -1.58. The van der Waals surface area contributed by atoms with Crippen LogP contribution in [0.1, 0.15) is 37.8 Å². The summed E-state index contributed by atoms with van der Waals surface area (Å²) in [4.78, 5) is 14.5. The van der Waals surface area contributed by atoms with Crippen molar-refractivity contribution in [2.45, 2.75) is 39.7 Å². The summed E-state index contributed by atoms with van der Waals surface area (Å²) in [5.74, 6) is -0.0329. The van der Waals surface area contributed by atoms with E-state index < -0.39 is 0 Å². The number of nitrogens with zero attached hydrogens (tertiary/aromatic N) is 1. The summed E-state index contributed by atoms with van der Waals surface area (Å²) in [6.07, 6.45) is 7.68. The van der Waals surface area contributed by atoms with Gasteiger partial charge in [-0.05, 0) is 56.9 Å². The molecule has 0 spiro atoms. The molecular formula is C20H27ClN2O. The first-order valence-electron chi connectivity index (χ1n) is 8.54. The van der Waals surface area contributed by atoms with Gasteiger partial charge in [-0.25, -0.2) is 0 Å². The van der Waals surface area contributed by atoms with E-state index in [-0.39, 0.29) is 11.9 Å². The van der Waals surface area contributed by atoms with Gasteiger partial charge in [-0.15, -0.1) is 0 Å². The number of halogens is 1. The Labute approximate surface area is 150 Å². The molecule has 1 aliphatic heterocycles. The van der Waals surface area contributed by atoms with Crippen LogP contribution in [-0.4, -0.2) is 36.5 Å². The molecule has 1 saturated heterocycles. The predicted molar refractivity (Wildman–Crippen MR) is 102 cm³/mol. The van der Waals surface area contributed by atoms with E-state index in [1.165, 1.54) is 5.57 Å². The van der Waals surface area contributed by atoms with E-state index in [0.29, 0.717) is 0 Å². The molecule has 1 amide bonds. The first-order chi connectivity index (χ1) is 11.4. The molecule has 1 aliphatic rings. The van der Waals surface area contributed by atoms with Gasteiger partial charge in [-0.3, -0.25) is 9.69 Å². The number of carbonyl (C=O) groups excluding carboxylic acids is 1. The highest BCUT2D eigenvalue weighted by Gasteiger charge is 2.19. The van der Waals surface area contributed by atoms with Crippen molar-refractivity contribution < 1.29 is 4.79 Å². The first kappa shape index (κ1) is 18.8. The molecule has 0 radical (unpaired) electrons. The molecule has 24 heavy (non-hydrogen) atoms. The molecule has 0 aromatic heterocycles. The van der Waals surface area contributed by atoms with Gasteiger partial charge in [0.05, 0.1) is 0 Å². The Bertz CT molecular complexity index is 625. The van der Waals surface area contributed by atoms with Gasteiger partial charge in [-0.2, -0.15) is 0 Å². The zero-order valence-corrected chi connectivity index (χ0v) is 15.6. The highest BCUT2D eigenvalue weighted by Crippen LogP contribution is 2.17. The van der Waals surface area contributed by atoms with Gasteiger partial charge in [0, 0.05) is 36.8 Å². The van der Waals surface area contributed by atoms with Gasteiger partial charge in [0.25, 0.3) is 0 Å². The lowest BCUT2D eigenvalue weighted by Crippen LogP contribution is -2.44. The minimum atomic E-state index is -0.0329. The molecule has 1 N–H and O–H groups in total. The molecule has 130 valence electrons. The van der Waals surface area contributed by atoms with E-state index in [9.17, 15) is 4.79 Å². The number of hydrogen-bond acceptors (Lipinski definition) is 2. The average Bonchev–Trinajstić information content (AvgIpc) is 2.55. The maximum absolute atomic E-state index is 12.1. The van der Waals surface area contributed by atoms with Gasteiger partial charge >= 0.3 is 0 Å². The molecule has 0 bridgehead atoms. The number of benzene rings is 1. The minimum Gasteiger partial charge on any atom is -0.350 e. The third kappa shape index (κ3) is 6.14. The number of carbonyl (C=O) groups is 1. The maximum atomic E-state index is 12.1. The fourth-order valence-corrected chi connectivity index (χ4v) is 2.89. The van der Waals surface area contributed by atoms with Gasteiger partial charge < -0.3 is 5.32 Å². The van der Waals surface area contributed by atoms with Crippen molar-refractivity contribution in [1.29, 1.82) is 0 Å². The Morgan fingerprint density at radius 1 is 1.33 bits per heavy atom. The molecular weight excluding hydrogens is 320 g/mol. The number of aryl methyl sites for hydroxylation is 1. The topological polar surface area (TPSA) is 32.3 Å². The Balaban J connectivity index is 1.78. The summed E-state index contributed by atoms with van der Waals surface area (Å²) in [5.41, 5.74) is 3.34. The second-order valence-electron chi connectivity index (χ2n) is 6.71. The van der Waals surface area contributed by atoms with Crippen molar-refractivity contribution in [1.82, 2.24) is 10.2 Å². The normalized spacial score (nSPS) is 16.3. The highest BCUT2D eigenvalue weighted by atomic mass is 35.5. The van der Waals surface area contributed by atoms with Crippen molar-refractivity contribution in [2.24, 2.45) is 0 Å². The summed E-state index contributed by atoms with van der Waals surface area (Å²) < 4.78 is 0. The molecule has 1 aromatic rings. The average molecular weight is 347 g/mol. The van der Waals surface area contributed by atoms with Gasteiger partial charge in [0.2, 0.25) is 5.91 Å². The Morgan fingerprint density at radius 3 is 2.67 bits per heavy atom. The van der Waals surface area contributed by atoms with Crippen molar-refractivity contribution in [3.63, 3.8) is 0 Å². The Kier molecular flexibility index (Phi) is 7.07. The predicted octanol–water partition coefficient (Wildman–Crippen LogP) is 4.21. The summed E-state index contributed by atoms with van der Waals surface area (Å²) >= 11 is 6.10. The van der Waals surface area contributed by atoms with E-state index in [4.69, 9.17) is 11.6 Å². The molecule has 0 saturated carbocycles. The number of hydrogen-bond donors (Lipinski definition) is 1. The SMILES string of the molecule is CC(C)=CCN1CCC(NC(=O)/C=C/c2ccc(C)c(Cl)c2)CC1. The molecule has 4 heteroatoms. The molecule has 0 unspecified atom stereocenters. The largest absolute Gasteiger partial charge is 0.350 e. The monoisotopic (exact) mass is 346 g/mol. The molecule has 0 aliphatic carbocycles. The lowest BCUT2D eigenvalue weighted by Gasteiger charge is -2.31. The van der Waals surface area contributed by atoms with E-state index in [2.05, 4.69) is 30.1 Å². The van der Waals surface area contributed by atoms with Crippen LogP contribution in [0.15, 0.2) is 35.9 Å². The fraction of sp³-hybridized carbons (Fsp3) is 0.450. The summed E-state index contributed by atoms with van der Waals surface area (Å²) in [6.45, 7) is 9.29. The van der Waals surface area contributed by atoms with Crippen LogP contribution in [0, 0.1) is 6.92 Å². The highest BCUT2D eigenvalue weighted by molar-refractivity contribution is 6.31. The molecule has 0 atom stereocenters. The van der Waals surface area contributed by atoms with E-state index in [1.54, 1.807) is 6.08 Å². The molecule has 1 aromatic carbocycles. The lowest BCUT2D eigenvalue weighted by molar-refractivity contribution is -0.117.